The molecule has 6 nitrogen and oxygen atoms in total. The smallest absolute Gasteiger partial charge is 0.252 e. The summed E-state index contributed by atoms with van der Waals surface area (Å²) in [5.41, 5.74) is 5.07. The zero-order valence-corrected chi connectivity index (χ0v) is 10.5. The van der Waals surface area contributed by atoms with Crippen LogP contribution in [0, 0.1) is 12.8 Å². The Hall–Kier alpha value is -1.85. The molecule has 1 saturated heterocycles. The minimum Gasteiger partial charge on any atom is -0.370 e. The number of nitrogens with zero attached hydrogens (tertiary/aromatic N) is 2. The van der Waals surface area contributed by atoms with Crippen molar-refractivity contribution in [1.29, 1.82) is 0 Å². The molecule has 3 N–H and O–H groups in total. The molecule has 1 fully saturated rings. The van der Waals surface area contributed by atoms with Gasteiger partial charge in [0.05, 0.1) is 0 Å². The number of nitrogens with one attached hydrogen (secondary N) is 1. The van der Waals surface area contributed by atoms with E-state index in [4.69, 9.17) is 5.73 Å². The summed E-state index contributed by atoms with van der Waals surface area (Å²) in [6.07, 6.45) is 2.28. The number of hydrogen-bond acceptors (Lipinski definition) is 4. The number of nitrogens with two attached hydrogens (primary N) is 1. The molecule has 0 aromatic carbocycles. The molecule has 98 valence electrons. The third-order valence-electron chi connectivity index (χ3n) is 3.27. The zero-order valence-electron chi connectivity index (χ0n) is 10.5. The number of amides is 1. The minimum absolute atomic E-state index is 0.128. The topological polar surface area (TPSA) is 92.1 Å². The van der Waals surface area contributed by atoms with Crippen LogP contribution in [-0.2, 0) is 4.79 Å². The molecule has 0 saturated carbocycles. The second kappa shape index (κ2) is 5.20. The van der Waals surface area contributed by atoms with Gasteiger partial charge in [0.2, 0.25) is 5.91 Å². The van der Waals surface area contributed by atoms with Crippen LogP contribution < -0.4 is 16.2 Å². The Kier molecular flexibility index (Phi) is 3.64. The minimum atomic E-state index is -0.237. The lowest BCUT2D eigenvalue weighted by molar-refractivity contribution is -0.119. The summed E-state index contributed by atoms with van der Waals surface area (Å²) in [7, 11) is 0. The van der Waals surface area contributed by atoms with Gasteiger partial charge in [-0.2, -0.15) is 0 Å². The monoisotopic (exact) mass is 250 g/mol. The predicted molar refractivity (Wildman–Crippen MR) is 68.3 cm³/mol. The van der Waals surface area contributed by atoms with Gasteiger partial charge in [0, 0.05) is 25.6 Å². The number of anilines is 1. The maximum atomic E-state index is 11.4. The number of rotatable bonds is 3. The first-order chi connectivity index (χ1) is 8.54. The van der Waals surface area contributed by atoms with Crippen LogP contribution in [0.3, 0.4) is 0 Å². The van der Waals surface area contributed by atoms with Gasteiger partial charge in [-0.25, -0.2) is 4.98 Å². The Morgan fingerprint density at radius 1 is 1.56 bits per heavy atom. The highest BCUT2D eigenvalue weighted by molar-refractivity contribution is 5.74. The number of piperidine rings is 1. The van der Waals surface area contributed by atoms with Crippen LogP contribution in [0.15, 0.2) is 10.9 Å². The Bertz CT molecular complexity index is 489. The first-order valence-electron chi connectivity index (χ1n) is 6.16. The second-order valence-electron chi connectivity index (χ2n) is 4.79. The number of H-pyrrole nitrogens is 1. The highest BCUT2D eigenvalue weighted by atomic mass is 16.1. The summed E-state index contributed by atoms with van der Waals surface area (Å²) in [5, 5.41) is 0. The molecule has 0 atom stereocenters. The average Bonchev–Trinajstić information content (AvgIpc) is 2.27. The first kappa shape index (κ1) is 12.6. The molecule has 1 aromatic rings. The predicted octanol–water partition coefficient (Wildman–Crippen LogP) is 0.170. The highest BCUT2D eigenvalue weighted by Gasteiger charge is 2.21. The van der Waals surface area contributed by atoms with Gasteiger partial charge >= 0.3 is 0 Å². The summed E-state index contributed by atoms with van der Waals surface area (Å²) in [6.45, 7) is 3.40. The van der Waals surface area contributed by atoms with Crippen LogP contribution in [0.25, 0.3) is 0 Å². The summed E-state index contributed by atoms with van der Waals surface area (Å²) in [4.78, 5) is 31.3. The van der Waals surface area contributed by atoms with Crippen LogP contribution in [0.1, 0.15) is 25.1 Å². The Labute approximate surface area is 105 Å². The summed E-state index contributed by atoms with van der Waals surface area (Å²) in [5.74, 6) is 1.46. The van der Waals surface area contributed by atoms with Crippen LogP contribution in [0.5, 0.6) is 0 Å². The van der Waals surface area contributed by atoms with Gasteiger partial charge in [-0.05, 0) is 25.7 Å². The number of aromatic amines is 1. The van der Waals surface area contributed by atoms with Crippen molar-refractivity contribution in [3.63, 3.8) is 0 Å². The summed E-state index contributed by atoms with van der Waals surface area (Å²) >= 11 is 0. The lowest BCUT2D eigenvalue weighted by Gasteiger charge is -2.32. The molecular formula is C12H18N4O2. The molecule has 18 heavy (non-hydrogen) atoms. The third kappa shape index (κ3) is 3.09. The molecule has 0 radical (unpaired) electrons. The Morgan fingerprint density at radius 2 is 2.22 bits per heavy atom. The normalized spacial score (nSPS) is 16.8. The molecule has 1 aliphatic heterocycles. The van der Waals surface area contributed by atoms with Gasteiger partial charge in [0.1, 0.15) is 11.6 Å². The third-order valence-corrected chi connectivity index (χ3v) is 3.27. The van der Waals surface area contributed by atoms with Gasteiger partial charge < -0.3 is 15.6 Å². The molecule has 1 aromatic heterocycles. The standard InChI is InChI=1S/C12H18N4O2/c1-8-14-11(7-12(18)15-8)16-4-2-9(3-5-16)6-10(13)17/h7,9H,2-6H2,1H3,(H2,13,17)(H,14,15,18). The van der Waals surface area contributed by atoms with E-state index in [9.17, 15) is 9.59 Å². The van der Waals surface area contributed by atoms with Gasteiger partial charge in [0.15, 0.2) is 0 Å². The van der Waals surface area contributed by atoms with Crippen molar-refractivity contribution in [2.75, 3.05) is 18.0 Å². The van der Waals surface area contributed by atoms with Gasteiger partial charge in [-0.15, -0.1) is 0 Å². The van der Waals surface area contributed by atoms with E-state index in [1.54, 1.807) is 6.92 Å². The maximum absolute atomic E-state index is 11.4. The van der Waals surface area contributed by atoms with Crippen molar-refractivity contribution in [2.45, 2.75) is 26.2 Å². The molecule has 0 bridgehead atoms. The van der Waals surface area contributed by atoms with E-state index in [2.05, 4.69) is 14.9 Å². The number of carbonyl (C=O) groups is 1. The maximum Gasteiger partial charge on any atom is 0.252 e. The molecule has 1 aliphatic rings. The number of hydrogen-bond donors (Lipinski definition) is 2. The van der Waals surface area contributed by atoms with Gasteiger partial charge in [0.25, 0.3) is 5.56 Å². The van der Waals surface area contributed by atoms with E-state index in [-0.39, 0.29) is 11.5 Å². The fourth-order valence-electron chi connectivity index (χ4n) is 2.38. The van der Waals surface area contributed by atoms with E-state index in [1.165, 1.54) is 6.07 Å². The SMILES string of the molecule is Cc1nc(N2CCC(CC(N)=O)CC2)cc(=O)[nH]1. The molecule has 0 unspecified atom stereocenters. The number of primary amides is 1. The molecule has 0 aliphatic carbocycles. The van der Waals surface area contributed by atoms with E-state index in [0.29, 0.717) is 24.0 Å². The molecule has 2 rings (SSSR count). The summed E-state index contributed by atoms with van der Waals surface area (Å²) < 4.78 is 0. The van der Waals surface area contributed by atoms with Crippen LogP contribution in [-0.4, -0.2) is 29.0 Å². The molecule has 6 heteroatoms. The van der Waals surface area contributed by atoms with Crippen molar-refractivity contribution in [2.24, 2.45) is 11.7 Å². The first-order valence-corrected chi connectivity index (χ1v) is 6.16. The van der Waals surface area contributed by atoms with Gasteiger partial charge in [-0.3, -0.25) is 9.59 Å². The van der Waals surface area contributed by atoms with Crippen LogP contribution in [0.4, 0.5) is 5.82 Å². The molecule has 1 amide bonds. The Balaban J connectivity index is 2.01. The summed E-state index contributed by atoms with van der Waals surface area (Å²) in [6, 6.07) is 1.52. The largest absolute Gasteiger partial charge is 0.370 e. The van der Waals surface area contributed by atoms with E-state index >= 15 is 0 Å². The lowest BCUT2D eigenvalue weighted by Crippen LogP contribution is -2.36. The van der Waals surface area contributed by atoms with Crippen molar-refractivity contribution in [3.05, 3.63) is 22.2 Å². The van der Waals surface area contributed by atoms with E-state index in [1.807, 2.05) is 0 Å². The number of aryl methyl sites for hydroxylation is 1. The zero-order chi connectivity index (χ0) is 13.1. The quantitative estimate of drug-likeness (QED) is 0.800. The van der Waals surface area contributed by atoms with Crippen molar-refractivity contribution in [1.82, 2.24) is 9.97 Å². The fraction of sp³-hybridized carbons (Fsp3) is 0.583. The molecular weight excluding hydrogens is 232 g/mol. The lowest BCUT2D eigenvalue weighted by atomic mass is 9.93. The number of aromatic nitrogens is 2. The number of carbonyl (C=O) groups excluding carboxylic acids is 1. The average molecular weight is 250 g/mol. The van der Waals surface area contributed by atoms with E-state index < -0.39 is 0 Å². The van der Waals surface area contributed by atoms with Crippen molar-refractivity contribution in [3.8, 4) is 0 Å². The van der Waals surface area contributed by atoms with Crippen LogP contribution >= 0.6 is 0 Å². The van der Waals surface area contributed by atoms with Crippen LogP contribution in [0.2, 0.25) is 0 Å². The molecule has 0 spiro atoms. The van der Waals surface area contributed by atoms with Crippen molar-refractivity contribution >= 4 is 11.7 Å². The fourth-order valence-corrected chi connectivity index (χ4v) is 2.38. The molecule has 2 heterocycles. The van der Waals surface area contributed by atoms with Gasteiger partial charge in [-0.1, -0.05) is 0 Å². The second-order valence-corrected chi connectivity index (χ2v) is 4.79. The highest BCUT2D eigenvalue weighted by Crippen LogP contribution is 2.23. The Morgan fingerprint density at radius 3 is 2.78 bits per heavy atom. The van der Waals surface area contributed by atoms with E-state index in [0.717, 1.165) is 25.9 Å². The van der Waals surface area contributed by atoms with Crippen molar-refractivity contribution < 1.29 is 4.79 Å².